The lowest BCUT2D eigenvalue weighted by Crippen LogP contribution is -2.32. The van der Waals surface area contributed by atoms with Crippen molar-refractivity contribution < 1.29 is 4.48 Å². The molecule has 0 spiro atoms. The molecule has 0 heterocycles. The summed E-state index contributed by atoms with van der Waals surface area (Å²) in [4.78, 5) is 0. The molecule has 1 nitrogen and oxygen atoms in total. The zero-order chi connectivity index (χ0) is 15.8. The lowest BCUT2D eigenvalue weighted by atomic mass is 10.1. The summed E-state index contributed by atoms with van der Waals surface area (Å²) >= 11 is 0. The van der Waals surface area contributed by atoms with Crippen molar-refractivity contribution in [3.8, 4) is 0 Å². The molecule has 0 unspecified atom stereocenters. The molecule has 0 aliphatic heterocycles. The van der Waals surface area contributed by atoms with Crippen molar-refractivity contribution in [3.63, 3.8) is 0 Å². The second-order valence-corrected chi connectivity index (χ2v) is 6.09. The third-order valence-electron chi connectivity index (χ3n) is 3.36. The van der Waals surface area contributed by atoms with Gasteiger partial charge in [-0.1, -0.05) is 72.8 Å². The van der Waals surface area contributed by atoms with Gasteiger partial charge in [0.05, 0.1) is 21.1 Å². The fourth-order valence-corrected chi connectivity index (χ4v) is 2.26. The Morgan fingerprint density at radius 3 is 1.91 bits per heavy atom. The number of nitrogens with zero attached hydrogens (tertiary/aromatic N) is 1. The van der Waals surface area contributed by atoms with E-state index in [0.717, 1.165) is 4.48 Å². The normalized spacial score (nSPS) is 13.1. The van der Waals surface area contributed by atoms with Crippen LogP contribution in [0.25, 0.3) is 11.8 Å². The average molecular weight is 290 g/mol. The largest absolute Gasteiger partial charge is 0.298 e. The highest BCUT2D eigenvalue weighted by Crippen LogP contribution is 2.21. The van der Waals surface area contributed by atoms with Crippen molar-refractivity contribution in [2.45, 2.75) is 0 Å². The van der Waals surface area contributed by atoms with E-state index in [4.69, 9.17) is 0 Å². The molecular weight excluding hydrogens is 266 g/mol. The first-order valence-electron chi connectivity index (χ1n) is 7.55. The van der Waals surface area contributed by atoms with Gasteiger partial charge in [0.2, 0.25) is 0 Å². The van der Waals surface area contributed by atoms with Crippen LogP contribution >= 0.6 is 0 Å². The summed E-state index contributed by atoms with van der Waals surface area (Å²) < 4.78 is 0.788. The van der Waals surface area contributed by atoms with Crippen molar-refractivity contribution in [3.05, 3.63) is 96.1 Å². The predicted octanol–water partition coefficient (Wildman–Crippen LogP) is 5.00. The summed E-state index contributed by atoms with van der Waals surface area (Å²) in [5.41, 5.74) is 3.75. The molecule has 0 atom stereocenters. The smallest absolute Gasteiger partial charge is 0.139 e. The molecule has 0 amide bonds. The molecule has 2 aromatic carbocycles. The standard InChI is InChI=1S/C21H24N/c1-22(2,3)21(20-16-10-6-11-17-20)18-12-5-9-15-19-13-7-4-8-14-19/h4-18H,1-3H3/q+1. The number of quaternary nitrogens is 1. The Labute approximate surface area is 134 Å². The molecule has 2 rings (SSSR count). The average Bonchev–Trinajstić information content (AvgIpc) is 2.51. The summed E-state index contributed by atoms with van der Waals surface area (Å²) in [5.74, 6) is 0. The molecule has 0 saturated carbocycles. The van der Waals surface area contributed by atoms with Gasteiger partial charge in [0.25, 0.3) is 0 Å². The fraction of sp³-hybridized carbons (Fsp3) is 0.143. The van der Waals surface area contributed by atoms with E-state index in [-0.39, 0.29) is 0 Å². The third-order valence-corrected chi connectivity index (χ3v) is 3.36. The van der Waals surface area contributed by atoms with Crippen LogP contribution in [0.3, 0.4) is 0 Å². The van der Waals surface area contributed by atoms with Crippen LogP contribution in [-0.2, 0) is 0 Å². The van der Waals surface area contributed by atoms with Crippen LogP contribution in [-0.4, -0.2) is 25.6 Å². The highest BCUT2D eigenvalue weighted by atomic mass is 15.3. The summed E-state index contributed by atoms with van der Waals surface area (Å²) in [7, 11) is 6.56. The lowest BCUT2D eigenvalue weighted by molar-refractivity contribution is -0.796. The number of allylic oxidation sites excluding steroid dienone is 4. The molecule has 0 radical (unpaired) electrons. The Morgan fingerprint density at radius 1 is 0.727 bits per heavy atom. The molecule has 0 aromatic heterocycles. The van der Waals surface area contributed by atoms with Crippen LogP contribution < -0.4 is 0 Å². The van der Waals surface area contributed by atoms with E-state index in [9.17, 15) is 0 Å². The van der Waals surface area contributed by atoms with E-state index in [2.05, 4.69) is 94.0 Å². The zero-order valence-corrected chi connectivity index (χ0v) is 13.6. The van der Waals surface area contributed by atoms with Crippen LogP contribution in [0.15, 0.2) is 85.0 Å². The van der Waals surface area contributed by atoms with Gasteiger partial charge in [0.15, 0.2) is 0 Å². The first-order chi connectivity index (χ1) is 10.6. The van der Waals surface area contributed by atoms with Crippen molar-refractivity contribution >= 4 is 11.8 Å². The summed E-state index contributed by atoms with van der Waals surface area (Å²) in [6, 6.07) is 20.9. The molecule has 0 saturated heterocycles. The Kier molecular flexibility index (Phi) is 5.51. The second-order valence-electron chi connectivity index (χ2n) is 6.09. The Balaban J connectivity index is 2.14. The van der Waals surface area contributed by atoms with Crippen molar-refractivity contribution in [2.75, 3.05) is 21.1 Å². The van der Waals surface area contributed by atoms with E-state index < -0.39 is 0 Å². The van der Waals surface area contributed by atoms with Crippen LogP contribution in [0.4, 0.5) is 0 Å². The summed E-state index contributed by atoms with van der Waals surface area (Å²) in [6.45, 7) is 0. The van der Waals surface area contributed by atoms with Gasteiger partial charge in [0.1, 0.15) is 5.70 Å². The second kappa shape index (κ2) is 7.58. The van der Waals surface area contributed by atoms with Gasteiger partial charge < -0.3 is 0 Å². The van der Waals surface area contributed by atoms with E-state index in [0.29, 0.717) is 0 Å². The molecule has 0 fully saturated rings. The van der Waals surface area contributed by atoms with Gasteiger partial charge >= 0.3 is 0 Å². The fourth-order valence-electron chi connectivity index (χ4n) is 2.26. The molecule has 0 aliphatic rings. The number of hydrogen-bond donors (Lipinski definition) is 0. The van der Waals surface area contributed by atoms with Gasteiger partial charge in [0, 0.05) is 5.56 Å². The lowest BCUT2D eigenvalue weighted by Gasteiger charge is -2.26. The van der Waals surface area contributed by atoms with Gasteiger partial charge in [-0.2, -0.15) is 0 Å². The van der Waals surface area contributed by atoms with Crippen LogP contribution in [0.2, 0.25) is 0 Å². The predicted molar refractivity (Wildman–Crippen MR) is 97.1 cm³/mol. The Morgan fingerprint density at radius 2 is 1.32 bits per heavy atom. The SMILES string of the molecule is C[N+](C)(C)C(=CC=CC=Cc1ccccc1)c1ccccc1. The first kappa shape index (κ1) is 16.0. The van der Waals surface area contributed by atoms with Crippen molar-refractivity contribution in [1.29, 1.82) is 0 Å². The maximum absolute atomic E-state index is 2.19. The maximum Gasteiger partial charge on any atom is 0.139 e. The molecule has 22 heavy (non-hydrogen) atoms. The highest BCUT2D eigenvalue weighted by Gasteiger charge is 2.16. The van der Waals surface area contributed by atoms with E-state index in [1.807, 2.05) is 18.2 Å². The minimum absolute atomic E-state index is 0.788. The quantitative estimate of drug-likeness (QED) is 0.537. The van der Waals surface area contributed by atoms with Crippen LogP contribution in [0, 0.1) is 0 Å². The molecule has 0 N–H and O–H groups in total. The molecular formula is C21H24N+. The zero-order valence-electron chi connectivity index (χ0n) is 13.6. The first-order valence-corrected chi connectivity index (χ1v) is 7.55. The van der Waals surface area contributed by atoms with Crippen LogP contribution in [0.5, 0.6) is 0 Å². The van der Waals surface area contributed by atoms with Gasteiger partial charge in [-0.05, 0) is 23.8 Å². The Hall–Kier alpha value is -2.38. The topological polar surface area (TPSA) is 0 Å². The number of hydrogen-bond acceptors (Lipinski definition) is 0. The van der Waals surface area contributed by atoms with Crippen molar-refractivity contribution in [1.82, 2.24) is 0 Å². The number of benzene rings is 2. The maximum atomic E-state index is 2.19. The van der Waals surface area contributed by atoms with Gasteiger partial charge in [-0.25, -0.2) is 0 Å². The monoisotopic (exact) mass is 290 g/mol. The molecule has 1 heteroatoms. The molecule has 0 aliphatic carbocycles. The van der Waals surface area contributed by atoms with Crippen LogP contribution in [0.1, 0.15) is 11.1 Å². The third kappa shape index (κ3) is 4.87. The van der Waals surface area contributed by atoms with E-state index in [1.165, 1.54) is 16.8 Å². The highest BCUT2D eigenvalue weighted by molar-refractivity contribution is 5.61. The van der Waals surface area contributed by atoms with E-state index >= 15 is 0 Å². The van der Waals surface area contributed by atoms with E-state index in [1.54, 1.807) is 0 Å². The summed E-state index contributed by atoms with van der Waals surface area (Å²) in [6.07, 6.45) is 10.5. The minimum atomic E-state index is 0.788. The Bertz CT molecular complexity index is 656. The van der Waals surface area contributed by atoms with Gasteiger partial charge in [-0.3, -0.25) is 4.48 Å². The number of rotatable bonds is 5. The summed E-state index contributed by atoms with van der Waals surface area (Å²) in [5, 5.41) is 0. The molecule has 2 aromatic rings. The molecule has 0 bridgehead atoms. The van der Waals surface area contributed by atoms with Crippen molar-refractivity contribution in [2.24, 2.45) is 0 Å². The molecule has 112 valence electrons. The minimum Gasteiger partial charge on any atom is -0.298 e. The van der Waals surface area contributed by atoms with Gasteiger partial charge in [-0.15, -0.1) is 0 Å².